The molecule has 0 atom stereocenters. The van der Waals surface area contributed by atoms with E-state index in [1.54, 1.807) is 6.20 Å². The average molecular weight is 287 g/mol. The third-order valence-electron chi connectivity index (χ3n) is 3.04. The van der Waals surface area contributed by atoms with Gasteiger partial charge >= 0.3 is 0 Å². The summed E-state index contributed by atoms with van der Waals surface area (Å²) >= 11 is 0. The molecule has 0 spiro atoms. The van der Waals surface area contributed by atoms with E-state index in [1.807, 2.05) is 23.0 Å². The standard InChI is InChI=1S/C17H25N3O/c1-5-10-20-13-16(12-19-20)21-15-8-6-14(7-9-15)11-18-17(2,3)4/h6-9,12-13,18H,5,10-11H2,1-4H3. The fraction of sp³-hybridized carbons (Fsp3) is 0.471. The molecule has 2 rings (SSSR count). The fourth-order valence-corrected chi connectivity index (χ4v) is 1.93. The molecule has 0 aliphatic carbocycles. The Bertz CT molecular complexity index is 552. The summed E-state index contributed by atoms with van der Waals surface area (Å²) in [6.45, 7) is 10.4. The predicted octanol–water partition coefficient (Wildman–Crippen LogP) is 3.97. The number of nitrogens with zero attached hydrogens (tertiary/aromatic N) is 2. The second-order valence-corrected chi connectivity index (χ2v) is 6.29. The van der Waals surface area contributed by atoms with Crippen LogP contribution in [0.4, 0.5) is 0 Å². The molecule has 0 bridgehead atoms. The summed E-state index contributed by atoms with van der Waals surface area (Å²) in [5, 5.41) is 7.73. The van der Waals surface area contributed by atoms with E-state index in [-0.39, 0.29) is 5.54 Å². The minimum absolute atomic E-state index is 0.128. The summed E-state index contributed by atoms with van der Waals surface area (Å²) in [5.74, 6) is 1.62. The van der Waals surface area contributed by atoms with E-state index < -0.39 is 0 Å². The van der Waals surface area contributed by atoms with Crippen LogP contribution in [0.2, 0.25) is 0 Å². The van der Waals surface area contributed by atoms with Crippen molar-refractivity contribution in [3.8, 4) is 11.5 Å². The quantitative estimate of drug-likeness (QED) is 0.873. The first-order valence-electron chi connectivity index (χ1n) is 7.50. The van der Waals surface area contributed by atoms with Gasteiger partial charge < -0.3 is 10.1 Å². The van der Waals surface area contributed by atoms with Crippen molar-refractivity contribution >= 4 is 0 Å². The maximum absolute atomic E-state index is 5.80. The molecule has 0 saturated carbocycles. The largest absolute Gasteiger partial charge is 0.454 e. The molecule has 4 nitrogen and oxygen atoms in total. The number of benzene rings is 1. The molecule has 2 aromatic rings. The molecular weight excluding hydrogens is 262 g/mol. The predicted molar refractivity (Wildman–Crippen MR) is 85.6 cm³/mol. The maximum atomic E-state index is 5.80. The Balaban J connectivity index is 1.92. The van der Waals surface area contributed by atoms with E-state index in [0.717, 1.165) is 31.0 Å². The minimum Gasteiger partial charge on any atom is -0.454 e. The third kappa shape index (κ3) is 5.23. The molecule has 0 saturated heterocycles. The van der Waals surface area contributed by atoms with Crippen molar-refractivity contribution in [2.75, 3.05) is 0 Å². The van der Waals surface area contributed by atoms with E-state index in [0.29, 0.717) is 0 Å². The lowest BCUT2D eigenvalue weighted by Gasteiger charge is -2.20. The van der Waals surface area contributed by atoms with Crippen molar-refractivity contribution in [1.82, 2.24) is 15.1 Å². The summed E-state index contributed by atoms with van der Waals surface area (Å²) in [6, 6.07) is 8.17. The summed E-state index contributed by atoms with van der Waals surface area (Å²) in [4.78, 5) is 0. The van der Waals surface area contributed by atoms with Gasteiger partial charge in [0.05, 0.1) is 12.4 Å². The zero-order chi connectivity index (χ0) is 15.3. The van der Waals surface area contributed by atoms with Crippen LogP contribution in [-0.4, -0.2) is 15.3 Å². The van der Waals surface area contributed by atoms with Crippen LogP contribution in [0.25, 0.3) is 0 Å². The Labute approximate surface area is 127 Å². The Kier molecular flexibility index (Phi) is 5.02. The van der Waals surface area contributed by atoms with Crippen molar-refractivity contribution in [3.63, 3.8) is 0 Å². The van der Waals surface area contributed by atoms with Crippen molar-refractivity contribution in [2.24, 2.45) is 0 Å². The highest BCUT2D eigenvalue weighted by molar-refractivity contribution is 5.31. The molecule has 21 heavy (non-hydrogen) atoms. The number of ether oxygens (including phenoxy) is 1. The highest BCUT2D eigenvalue weighted by Crippen LogP contribution is 2.21. The molecule has 1 aromatic heterocycles. The van der Waals surface area contributed by atoms with Crippen LogP contribution >= 0.6 is 0 Å². The van der Waals surface area contributed by atoms with Crippen molar-refractivity contribution in [2.45, 2.75) is 52.7 Å². The van der Waals surface area contributed by atoms with Crippen LogP contribution in [-0.2, 0) is 13.1 Å². The van der Waals surface area contributed by atoms with Gasteiger partial charge in [-0.25, -0.2) is 0 Å². The van der Waals surface area contributed by atoms with Crippen LogP contribution in [0.15, 0.2) is 36.7 Å². The molecule has 4 heteroatoms. The molecule has 1 N–H and O–H groups in total. The summed E-state index contributed by atoms with van der Waals surface area (Å²) < 4.78 is 7.70. The molecule has 0 unspecified atom stereocenters. The Morgan fingerprint density at radius 3 is 2.48 bits per heavy atom. The van der Waals surface area contributed by atoms with Gasteiger partial charge in [-0.15, -0.1) is 0 Å². The molecule has 1 aromatic carbocycles. The molecule has 0 aliphatic rings. The van der Waals surface area contributed by atoms with Crippen LogP contribution in [0.1, 0.15) is 39.7 Å². The fourth-order valence-electron chi connectivity index (χ4n) is 1.93. The van der Waals surface area contributed by atoms with E-state index in [2.05, 4.69) is 50.2 Å². The van der Waals surface area contributed by atoms with Gasteiger partial charge in [0.2, 0.25) is 0 Å². The highest BCUT2D eigenvalue weighted by Gasteiger charge is 2.08. The summed E-state index contributed by atoms with van der Waals surface area (Å²) in [7, 11) is 0. The van der Waals surface area contributed by atoms with Gasteiger partial charge in [0, 0.05) is 18.6 Å². The van der Waals surface area contributed by atoms with E-state index in [9.17, 15) is 0 Å². The lowest BCUT2D eigenvalue weighted by molar-refractivity contribution is 0.424. The number of nitrogens with one attached hydrogen (secondary N) is 1. The van der Waals surface area contributed by atoms with Gasteiger partial charge in [0.1, 0.15) is 5.75 Å². The molecule has 0 amide bonds. The monoisotopic (exact) mass is 287 g/mol. The summed E-state index contributed by atoms with van der Waals surface area (Å²) in [6.07, 6.45) is 4.75. The molecule has 0 fully saturated rings. The van der Waals surface area contributed by atoms with E-state index in [4.69, 9.17) is 4.74 Å². The lowest BCUT2D eigenvalue weighted by atomic mass is 10.1. The van der Waals surface area contributed by atoms with Gasteiger partial charge in [-0.05, 0) is 44.9 Å². The Hall–Kier alpha value is -1.81. The number of hydrogen-bond acceptors (Lipinski definition) is 3. The number of rotatable bonds is 6. The molecule has 0 aliphatic heterocycles. The highest BCUT2D eigenvalue weighted by atomic mass is 16.5. The molecule has 1 heterocycles. The topological polar surface area (TPSA) is 39.1 Å². The molecule has 0 radical (unpaired) electrons. The van der Waals surface area contributed by atoms with Crippen molar-refractivity contribution in [1.29, 1.82) is 0 Å². The number of hydrogen-bond donors (Lipinski definition) is 1. The molecule has 114 valence electrons. The Morgan fingerprint density at radius 1 is 1.14 bits per heavy atom. The van der Waals surface area contributed by atoms with Crippen LogP contribution in [0.5, 0.6) is 11.5 Å². The maximum Gasteiger partial charge on any atom is 0.165 e. The number of aryl methyl sites for hydroxylation is 1. The van der Waals surface area contributed by atoms with Crippen molar-refractivity contribution in [3.05, 3.63) is 42.2 Å². The van der Waals surface area contributed by atoms with Gasteiger partial charge in [0.25, 0.3) is 0 Å². The number of aromatic nitrogens is 2. The second-order valence-electron chi connectivity index (χ2n) is 6.29. The van der Waals surface area contributed by atoms with E-state index >= 15 is 0 Å². The van der Waals surface area contributed by atoms with Gasteiger partial charge in [-0.3, -0.25) is 4.68 Å². The second kappa shape index (κ2) is 6.76. The summed E-state index contributed by atoms with van der Waals surface area (Å²) in [5.41, 5.74) is 1.38. The smallest absolute Gasteiger partial charge is 0.165 e. The average Bonchev–Trinajstić information content (AvgIpc) is 2.85. The van der Waals surface area contributed by atoms with E-state index in [1.165, 1.54) is 5.56 Å². The van der Waals surface area contributed by atoms with Crippen molar-refractivity contribution < 1.29 is 4.74 Å². The minimum atomic E-state index is 0.128. The van der Waals surface area contributed by atoms with Crippen LogP contribution in [0.3, 0.4) is 0 Å². The van der Waals surface area contributed by atoms with Gasteiger partial charge in [0.15, 0.2) is 5.75 Å². The van der Waals surface area contributed by atoms with Gasteiger partial charge in [-0.1, -0.05) is 19.1 Å². The first kappa shape index (κ1) is 15.6. The van der Waals surface area contributed by atoms with Crippen LogP contribution in [0, 0.1) is 0 Å². The lowest BCUT2D eigenvalue weighted by Crippen LogP contribution is -2.34. The third-order valence-corrected chi connectivity index (χ3v) is 3.04. The Morgan fingerprint density at radius 2 is 1.86 bits per heavy atom. The normalized spacial score (nSPS) is 11.6. The SMILES string of the molecule is CCCn1cc(Oc2ccc(CNC(C)(C)C)cc2)cn1. The first-order valence-corrected chi connectivity index (χ1v) is 7.50. The zero-order valence-electron chi connectivity index (χ0n) is 13.4. The zero-order valence-corrected chi connectivity index (χ0v) is 13.4. The van der Waals surface area contributed by atoms with Crippen LogP contribution < -0.4 is 10.1 Å². The first-order chi connectivity index (χ1) is 9.96. The molecular formula is C17H25N3O. The van der Waals surface area contributed by atoms with Gasteiger partial charge in [-0.2, -0.15) is 5.10 Å².